The summed E-state index contributed by atoms with van der Waals surface area (Å²) in [7, 11) is 0. The van der Waals surface area contributed by atoms with Crippen LogP contribution in [0.15, 0.2) is 24.3 Å². The van der Waals surface area contributed by atoms with Gasteiger partial charge < -0.3 is 14.5 Å². The summed E-state index contributed by atoms with van der Waals surface area (Å²) >= 11 is 6.00. The molecule has 0 unspecified atom stereocenters. The van der Waals surface area contributed by atoms with E-state index >= 15 is 0 Å². The van der Waals surface area contributed by atoms with Crippen LogP contribution in [0.5, 0.6) is 0 Å². The van der Waals surface area contributed by atoms with E-state index in [1.807, 2.05) is 34.1 Å². The number of hydrogen-bond donors (Lipinski definition) is 0. The lowest BCUT2D eigenvalue weighted by atomic mass is 9.88. The summed E-state index contributed by atoms with van der Waals surface area (Å²) in [6.45, 7) is 3.03. The summed E-state index contributed by atoms with van der Waals surface area (Å²) in [6.07, 6.45) is 3.27. The minimum Gasteiger partial charge on any atom is -0.370 e. The molecule has 0 N–H and O–H groups in total. The van der Waals surface area contributed by atoms with Gasteiger partial charge in [0.15, 0.2) is 5.78 Å². The van der Waals surface area contributed by atoms with Crippen molar-refractivity contribution in [3.8, 4) is 11.8 Å². The zero-order valence-corrected chi connectivity index (χ0v) is 16.7. The van der Waals surface area contributed by atoms with Gasteiger partial charge in [-0.15, -0.1) is 0 Å². The Morgan fingerprint density at radius 1 is 1.14 bits per heavy atom. The summed E-state index contributed by atoms with van der Waals surface area (Å²) in [5, 5.41) is 0.695. The second kappa shape index (κ2) is 8.55. The second-order valence-electron chi connectivity index (χ2n) is 7.91. The van der Waals surface area contributed by atoms with Gasteiger partial charge >= 0.3 is 6.03 Å². The fourth-order valence-electron chi connectivity index (χ4n) is 4.32. The molecule has 0 bridgehead atoms. The van der Waals surface area contributed by atoms with Gasteiger partial charge in [0.1, 0.15) is 6.61 Å². The van der Waals surface area contributed by atoms with E-state index in [1.54, 1.807) is 0 Å². The number of carbonyl (C=O) groups is 2. The van der Waals surface area contributed by atoms with Crippen molar-refractivity contribution in [2.24, 2.45) is 11.8 Å². The number of nitrogens with zero attached hydrogens (tertiary/aromatic N) is 2. The quantitative estimate of drug-likeness (QED) is 0.628. The van der Waals surface area contributed by atoms with E-state index in [1.165, 1.54) is 0 Å². The highest BCUT2D eigenvalue weighted by Gasteiger charge is 2.38. The van der Waals surface area contributed by atoms with Gasteiger partial charge in [-0.2, -0.15) is 0 Å². The van der Waals surface area contributed by atoms with E-state index < -0.39 is 0 Å². The second-order valence-corrected chi connectivity index (χ2v) is 8.35. The van der Waals surface area contributed by atoms with Gasteiger partial charge in [0, 0.05) is 55.0 Å². The lowest BCUT2D eigenvalue weighted by Crippen LogP contribution is -2.54. The van der Waals surface area contributed by atoms with Crippen LogP contribution in [0.4, 0.5) is 4.79 Å². The van der Waals surface area contributed by atoms with Crippen LogP contribution in [0.3, 0.4) is 0 Å². The average Bonchev–Trinajstić information content (AvgIpc) is 2.71. The molecule has 3 aliphatic heterocycles. The molecule has 3 heterocycles. The number of amides is 2. The van der Waals surface area contributed by atoms with Crippen molar-refractivity contribution < 1.29 is 14.3 Å². The first-order valence-electron chi connectivity index (χ1n) is 10.0. The Morgan fingerprint density at radius 2 is 1.93 bits per heavy atom. The first-order chi connectivity index (χ1) is 13.6. The van der Waals surface area contributed by atoms with Crippen LogP contribution >= 0.6 is 11.6 Å². The Kier molecular flexibility index (Phi) is 5.89. The highest BCUT2D eigenvalue weighted by molar-refractivity contribution is 6.30. The zero-order chi connectivity index (χ0) is 19.5. The highest BCUT2D eigenvalue weighted by Crippen LogP contribution is 2.28. The maximum atomic E-state index is 12.9. The van der Waals surface area contributed by atoms with Gasteiger partial charge in [-0.05, 0) is 37.5 Å². The standard InChI is InChI=1S/C22H25ClN2O3/c23-19-3-1-2-17(12-19)5-4-16-6-9-24(10-7-16)22(27)25-11-8-21-18(14-25)13-20(26)15-28-21/h1-3,12,16,18,21H,6-11,13-15H2/t18-,21+/m1/s1. The third-order valence-electron chi connectivity index (χ3n) is 5.89. The number of likely N-dealkylation sites (tertiary alicyclic amines) is 2. The van der Waals surface area contributed by atoms with E-state index in [9.17, 15) is 9.59 Å². The van der Waals surface area contributed by atoms with Gasteiger partial charge in [-0.1, -0.05) is 29.5 Å². The Bertz CT molecular complexity index is 807. The lowest BCUT2D eigenvalue weighted by Gasteiger charge is -2.42. The average molecular weight is 401 g/mol. The fourth-order valence-corrected chi connectivity index (χ4v) is 4.51. The molecule has 1 aromatic carbocycles. The molecule has 0 radical (unpaired) electrons. The van der Waals surface area contributed by atoms with Crippen LogP contribution in [-0.2, 0) is 9.53 Å². The normalized spacial score (nSPS) is 25.7. The van der Waals surface area contributed by atoms with E-state index in [4.69, 9.17) is 16.3 Å². The van der Waals surface area contributed by atoms with Crippen LogP contribution in [0.1, 0.15) is 31.2 Å². The highest BCUT2D eigenvalue weighted by atomic mass is 35.5. The summed E-state index contributed by atoms with van der Waals surface area (Å²) in [5.74, 6) is 7.14. The van der Waals surface area contributed by atoms with Gasteiger partial charge in [0.2, 0.25) is 0 Å². The smallest absolute Gasteiger partial charge is 0.320 e. The Labute approximate surface area is 171 Å². The molecule has 0 aromatic heterocycles. The Balaban J connectivity index is 1.29. The van der Waals surface area contributed by atoms with E-state index in [2.05, 4.69) is 11.8 Å². The number of carbonyl (C=O) groups excluding carboxylic acids is 2. The zero-order valence-electron chi connectivity index (χ0n) is 15.9. The van der Waals surface area contributed by atoms with E-state index in [-0.39, 0.29) is 30.4 Å². The topological polar surface area (TPSA) is 49.9 Å². The molecule has 3 fully saturated rings. The molecule has 0 aliphatic carbocycles. The van der Waals surface area contributed by atoms with Gasteiger partial charge in [0.25, 0.3) is 0 Å². The third-order valence-corrected chi connectivity index (χ3v) is 6.13. The molecular weight excluding hydrogens is 376 g/mol. The van der Waals surface area contributed by atoms with Crippen LogP contribution in [0.2, 0.25) is 5.02 Å². The molecule has 6 heteroatoms. The van der Waals surface area contributed by atoms with Crippen molar-refractivity contribution in [1.29, 1.82) is 0 Å². The first-order valence-corrected chi connectivity index (χ1v) is 10.4. The number of Topliss-reactive ketones (excluding diaryl/α,β-unsaturated/α-hetero) is 1. The van der Waals surface area contributed by atoms with Crippen molar-refractivity contribution >= 4 is 23.4 Å². The van der Waals surface area contributed by atoms with Gasteiger partial charge in [0.05, 0.1) is 6.10 Å². The predicted octanol–water partition coefficient (Wildman–Crippen LogP) is 3.20. The first kappa shape index (κ1) is 19.3. The number of halogens is 1. The molecule has 0 spiro atoms. The Hall–Kier alpha value is -2.03. The maximum absolute atomic E-state index is 12.9. The lowest BCUT2D eigenvalue weighted by molar-refractivity contribution is -0.139. The SMILES string of the molecule is O=C1CO[C@H]2CCN(C(=O)N3CCC(C#Cc4cccc(Cl)c4)CC3)C[C@H]2C1. The van der Waals surface area contributed by atoms with Crippen molar-refractivity contribution in [2.45, 2.75) is 31.8 Å². The van der Waals surface area contributed by atoms with Crippen molar-refractivity contribution in [3.63, 3.8) is 0 Å². The molecule has 28 heavy (non-hydrogen) atoms. The van der Waals surface area contributed by atoms with Crippen LogP contribution in [0.25, 0.3) is 0 Å². The number of urea groups is 1. The third kappa shape index (κ3) is 4.51. The van der Waals surface area contributed by atoms with Gasteiger partial charge in [-0.25, -0.2) is 4.79 Å². The molecule has 1 aromatic rings. The largest absolute Gasteiger partial charge is 0.370 e. The molecule has 2 amide bonds. The molecule has 0 saturated carbocycles. The van der Waals surface area contributed by atoms with Crippen molar-refractivity contribution in [2.75, 3.05) is 32.8 Å². The number of piperidine rings is 2. The van der Waals surface area contributed by atoms with Crippen molar-refractivity contribution in [1.82, 2.24) is 9.80 Å². The van der Waals surface area contributed by atoms with Gasteiger partial charge in [-0.3, -0.25) is 4.79 Å². The predicted molar refractivity (Wildman–Crippen MR) is 107 cm³/mol. The summed E-state index contributed by atoms with van der Waals surface area (Å²) in [5.41, 5.74) is 0.929. The van der Waals surface area contributed by atoms with E-state index in [0.717, 1.165) is 37.9 Å². The fraction of sp³-hybridized carbons (Fsp3) is 0.545. The number of hydrogen-bond acceptors (Lipinski definition) is 3. The molecular formula is C22H25ClN2O3. The number of ketones is 1. The Morgan fingerprint density at radius 3 is 2.71 bits per heavy atom. The number of benzene rings is 1. The molecule has 3 saturated heterocycles. The van der Waals surface area contributed by atoms with Crippen LogP contribution < -0.4 is 0 Å². The molecule has 3 aliphatic rings. The maximum Gasteiger partial charge on any atom is 0.320 e. The van der Waals surface area contributed by atoms with Crippen LogP contribution in [0, 0.1) is 23.7 Å². The summed E-state index contributed by atoms with van der Waals surface area (Å²) < 4.78 is 5.63. The molecule has 5 nitrogen and oxygen atoms in total. The number of ether oxygens (including phenoxy) is 1. The minimum atomic E-state index is 0.0951. The van der Waals surface area contributed by atoms with Crippen LogP contribution in [-0.4, -0.2) is 60.5 Å². The monoisotopic (exact) mass is 400 g/mol. The van der Waals surface area contributed by atoms with Crippen molar-refractivity contribution in [3.05, 3.63) is 34.9 Å². The molecule has 148 valence electrons. The minimum absolute atomic E-state index is 0.0951. The summed E-state index contributed by atoms with van der Waals surface area (Å²) in [4.78, 5) is 28.4. The van der Waals surface area contributed by atoms with E-state index in [0.29, 0.717) is 30.5 Å². The number of rotatable bonds is 0. The molecule has 4 rings (SSSR count). The molecule has 2 atom stereocenters. The number of fused-ring (bicyclic) bond motifs is 1. The summed E-state index contributed by atoms with van der Waals surface area (Å²) in [6, 6.07) is 7.67.